The van der Waals surface area contributed by atoms with Crippen molar-refractivity contribution in [1.82, 2.24) is 14.5 Å². The maximum atomic E-state index is 13.4. The van der Waals surface area contributed by atoms with Gasteiger partial charge in [0.05, 0.1) is 21.5 Å². The van der Waals surface area contributed by atoms with Crippen LogP contribution in [0.4, 0.5) is 11.6 Å². The van der Waals surface area contributed by atoms with Crippen LogP contribution in [0.5, 0.6) is 0 Å². The molecule has 0 saturated carbocycles. The van der Waals surface area contributed by atoms with Crippen LogP contribution in [-0.2, 0) is 0 Å². The Hall–Kier alpha value is -3.26. The number of hydrogen-bond acceptors (Lipinski definition) is 6. The van der Waals surface area contributed by atoms with Crippen molar-refractivity contribution in [3.63, 3.8) is 0 Å². The van der Waals surface area contributed by atoms with Gasteiger partial charge in [0, 0.05) is 38.3 Å². The Morgan fingerprint density at radius 1 is 1.07 bits per heavy atom. The lowest BCUT2D eigenvalue weighted by molar-refractivity contribution is -0.384. The number of nitrogens with zero attached hydrogens (tertiary/aromatic N) is 5. The van der Waals surface area contributed by atoms with Gasteiger partial charge in [0.25, 0.3) is 11.2 Å². The van der Waals surface area contributed by atoms with E-state index < -0.39 is 4.92 Å². The number of fused-ring (bicyclic) bond motifs is 1. The van der Waals surface area contributed by atoms with E-state index in [2.05, 4.69) is 16.7 Å². The number of hydrogen-bond donors (Lipinski definition) is 0. The van der Waals surface area contributed by atoms with Gasteiger partial charge >= 0.3 is 0 Å². The van der Waals surface area contributed by atoms with Crippen molar-refractivity contribution in [2.24, 2.45) is 0 Å². The molecule has 3 aromatic rings. The molecule has 0 unspecified atom stereocenters. The molecule has 1 aromatic heterocycles. The van der Waals surface area contributed by atoms with E-state index in [9.17, 15) is 14.9 Å². The summed E-state index contributed by atoms with van der Waals surface area (Å²) in [4.78, 5) is 33.2. The molecule has 4 rings (SSSR count). The minimum atomic E-state index is -0.496. The third-order valence-electron chi connectivity index (χ3n) is 5.16. The minimum absolute atomic E-state index is 0.115. The lowest BCUT2D eigenvalue weighted by atomic mass is 10.2. The molecule has 28 heavy (non-hydrogen) atoms. The summed E-state index contributed by atoms with van der Waals surface area (Å²) in [7, 11) is 0. The summed E-state index contributed by atoms with van der Waals surface area (Å²) in [5.74, 6) is 0.577. The molecule has 0 bridgehead atoms. The standard InChI is InChI=1S/C20H21N5O3/c1-2-22-10-12-23(13-11-22)20-21-18-9-8-16(25(27)28)14-17(18)19(26)24(20)15-6-4-3-5-7-15/h3-9,14H,2,10-13H2,1H3. The zero-order valence-electron chi connectivity index (χ0n) is 15.6. The Labute approximate surface area is 161 Å². The van der Waals surface area contributed by atoms with E-state index in [4.69, 9.17) is 4.98 Å². The van der Waals surface area contributed by atoms with Gasteiger partial charge in [0.15, 0.2) is 0 Å². The largest absolute Gasteiger partial charge is 0.339 e. The van der Waals surface area contributed by atoms with Crippen molar-refractivity contribution < 1.29 is 4.92 Å². The van der Waals surface area contributed by atoms with Crippen molar-refractivity contribution in [1.29, 1.82) is 0 Å². The van der Waals surface area contributed by atoms with Gasteiger partial charge < -0.3 is 9.80 Å². The number of nitro groups is 1. The first-order chi connectivity index (χ1) is 13.6. The number of piperazine rings is 1. The van der Waals surface area contributed by atoms with Crippen LogP contribution in [0.25, 0.3) is 16.6 Å². The summed E-state index contributed by atoms with van der Waals surface area (Å²) < 4.78 is 1.56. The maximum absolute atomic E-state index is 13.4. The fraction of sp³-hybridized carbons (Fsp3) is 0.300. The fourth-order valence-electron chi connectivity index (χ4n) is 3.56. The van der Waals surface area contributed by atoms with E-state index in [-0.39, 0.29) is 16.6 Å². The van der Waals surface area contributed by atoms with Gasteiger partial charge in [-0.3, -0.25) is 14.9 Å². The van der Waals surface area contributed by atoms with E-state index in [1.807, 2.05) is 30.3 Å². The van der Waals surface area contributed by atoms with E-state index >= 15 is 0 Å². The van der Waals surface area contributed by atoms with Gasteiger partial charge in [-0.15, -0.1) is 0 Å². The normalized spacial score (nSPS) is 15.1. The molecule has 0 radical (unpaired) electrons. The Kier molecular flexibility index (Phi) is 4.79. The number of para-hydroxylation sites is 1. The first kappa shape index (κ1) is 18.1. The van der Waals surface area contributed by atoms with Crippen LogP contribution in [0.3, 0.4) is 0 Å². The summed E-state index contributed by atoms with van der Waals surface area (Å²) in [6, 6.07) is 13.5. The van der Waals surface area contributed by atoms with Crippen LogP contribution in [0.1, 0.15) is 6.92 Å². The predicted molar refractivity (Wildman–Crippen MR) is 108 cm³/mol. The number of aromatic nitrogens is 2. The van der Waals surface area contributed by atoms with E-state index in [1.54, 1.807) is 10.6 Å². The summed E-state index contributed by atoms with van der Waals surface area (Å²) in [6.45, 7) is 6.47. The number of rotatable bonds is 4. The molecule has 1 aliphatic heterocycles. The van der Waals surface area contributed by atoms with Crippen LogP contribution in [0.15, 0.2) is 53.3 Å². The van der Waals surface area contributed by atoms with E-state index in [1.165, 1.54) is 12.1 Å². The lowest BCUT2D eigenvalue weighted by Gasteiger charge is -2.35. The highest BCUT2D eigenvalue weighted by atomic mass is 16.6. The third kappa shape index (κ3) is 3.22. The van der Waals surface area contributed by atoms with Crippen molar-refractivity contribution in [2.75, 3.05) is 37.6 Å². The number of likely N-dealkylation sites (N-methyl/N-ethyl adjacent to an activating group) is 1. The Morgan fingerprint density at radius 2 is 1.79 bits per heavy atom. The van der Waals surface area contributed by atoms with E-state index in [0.29, 0.717) is 17.2 Å². The molecule has 0 spiro atoms. The molecule has 2 aromatic carbocycles. The third-order valence-corrected chi connectivity index (χ3v) is 5.16. The molecule has 1 fully saturated rings. The monoisotopic (exact) mass is 379 g/mol. The molecule has 144 valence electrons. The fourth-order valence-corrected chi connectivity index (χ4v) is 3.56. The molecule has 0 atom stereocenters. The smallest absolute Gasteiger partial charge is 0.270 e. The molecule has 8 heteroatoms. The van der Waals surface area contributed by atoms with Gasteiger partial charge in [0.1, 0.15) is 0 Å². The Morgan fingerprint density at radius 3 is 2.43 bits per heavy atom. The van der Waals surface area contributed by atoms with Crippen LogP contribution in [-0.4, -0.2) is 52.1 Å². The summed E-state index contributed by atoms with van der Waals surface area (Å²) in [5.41, 5.74) is 0.750. The minimum Gasteiger partial charge on any atom is -0.339 e. The summed E-state index contributed by atoms with van der Waals surface area (Å²) in [6.07, 6.45) is 0. The maximum Gasteiger partial charge on any atom is 0.270 e. The molecule has 1 aliphatic rings. The molecular weight excluding hydrogens is 358 g/mol. The summed E-state index contributed by atoms with van der Waals surface area (Å²) >= 11 is 0. The average Bonchev–Trinajstić information content (AvgIpc) is 2.74. The highest BCUT2D eigenvalue weighted by molar-refractivity contribution is 5.82. The molecule has 1 saturated heterocycles. The van der Waals surface area contributed by atoms with Crippen LogP contribution in [0.2, 0.25) is 0 Å². The molecular formula is C20H21N5O3. The zero-order chi connectivity index (χ0) is 19.7. The quantitative estimate of drug-likeness (QED) is 0.511. The average molecular weight is 379 g/mol. The zero-order valence-corrected chi connectivity index (χ0v) is 15.6. The van der Waals surface area contributed by atoms with Crippen molar-refractivity contribution in [3.8, 4) is 5.69 Å². The van der Waals surface area contributed by atoms with Crippen LogP contribution in [0, 0.1) is 10.1 Å². The number of anilines is 1. The van der Waals surface area contributed by atoms with Crippen LogP contribution >= 0.6 is 0 Å². The van der Waals surface area contributed by atoms with Gasteiger partial charge in [0.2, 0.25) is 5.95 Å². The van der Waals surface area contributed by atoms with Crippen molar-refractivity contribution in [2.45, 2.75) is 6.92 Å². The van der Waals surface area contributed by atoms with Gasteiger partial charge in [-0.05, 0) is 24.7 Å². The molecule has 8 nitrogen and oxygen atoms in total. The molecule has 0 N–H and O–H groups in total. The second kappa shape index (κ2) is 7.40. The van der Waals surface area contributed by atoms with Gasteiger partial charge in [-0.25, -0.2) is 9.55 Å². The van der Waals surface area contributed by atoms with E-state index in [0.717, 1.165) is 32.7 Å². The lowest BCUT2D eigenvalue weighted by Crippen LogP contribution is -2.48. The summed E-state index contributed by atoms with van der Waals surface area (Å²) in [5, 5.41) is 11.4. The highest BCUT2D eigenvalue weighted by Crippen LogP contribution is 2.23. The molecule has 0 amide bonds. The first-order valence-electron chi connectivity index (χ1n) is 9.32. The number of nitro benzene ring substituents is 1. The molecule has 0 aliphatic carbocycles. The highest BCUT2D eigenvalue weighted by Gasteiger charge is 2.23. The van der Waals surface area contributed by atoms with Crippen molar-refractivity contribution in [3.05, 3.63) is 69.0 Å². The number of benzene rings is 2. The molecule has 2 heterocycles. The second-order valence-corrected chi connectivity index (χ2v) is 6.77. The Bertz CT molecular complexity index is 1070. The van der Waals surface area contributed by atoms with Gasteiger partial charge in [-0.1, -0.05) is 25.1 Å². The topological polar surface area (TPSA) is 84.5 Å². The van der Waals surface area contributed by atoms with Crippen molar-refractivity contribution >= 4 is 22.5 Å². The van der Waals surface area contributed by atoms with Gasteiger partial charge in [-0.2, -0.15) is 0 Å². The Balaban J connectivity index is 1.91. The van der Waals surface area contributed by atoms with Crippen LogP contribution < -0.4 is 10.5 Å². The number of non-ortho nitro benzene ring substituents is 1. The first-order valence-corrected chi connectivity index (χ1v) is 9.32. The predicted octanol–water partition coefficient (Wildman–Crippen LogP) is 2.44. The second-order valence-electron chi connectivity index (χ2n) is 6.77. The SMILES string of the molecule is CCN1CCN(c2nc3ccc([N+](=O)[O-])cc3c(=O)n2-c2ccccc2)CC1.